The van der Waals surface area contributed by atoms with E-state index in [1.807, 2.05) is 19.1 Å². The Morgan fingerprint density at radius 1 is 1.36 bits per heavy atom. The second kappa shape index (κ2) is 5.14. The molecule has 1 fully saturated rings. The highest BCUT2D eigenvalue weighted by molar-refractivity contribution is 5.89. The van der Waals surface area contributed by atoms with Crippen LogP contribution in [0.25, 0.3) is 22.6 Å². The highest BCUT2D eigenvalue weighted by Crippen LogP contribution is 2.32. The van der Waals surface area contributed by atoms with E-state index >= 15 is 0 Å². The van der Waals surface area contributed by atoms with E-state index in [-0.39, 0.29) is 0 Å². The summed E-state index contributed by atoms with van der Waals surface area (Å²) >= 11 is 0. The molecule has 2 aromatic heterocycles. The number of rotatable bonds is 2. The highest BCUT2D eigenvalue weighted by Gasteiger charge is 2.24. The molecule has 6 nitrogen and oxygen atoms in total. The molecule has 0 radical (unpaired) electrons. The standard InChI is InChI=1S/C16H18N4O2/c1-10-7-12(15-18-4-6-21-15)14-13(8-10)19-16(22-14)20-5-3-17-9-11(20)2/h4,6-8,11,17H,3,5,9H2,1-2H3/t11-/m0/s1. The Balaban J connectivity index is 1.85. The number of oxazole rings is 2. The zero-order chi connectivity index (χ0) is 15.1. The van der Waals surface area contributed by atoms with Gasteiger partial charge in [-0.2, -0.15) is 4.98 Å². The van der Waals surface area contributed by atoms with Crippen molar-refractivity contribution in [1.29, 1.82) is 0 Å². The van der Waals surface area contributed by atoms with Crippen LogP contribution in [0.3, 0.4) is 0 Å². The van der Waals surface area contributed by atoms with E-state index in [4.69, 9.17) is 8.83 Å². The lowest BCUT2D eigenvalue weighted by atomic mass is 10.1. The van der Waals surface area contributed by atoms with Gasteiger partial charge in [0.2, 0.25) is 5.89 Å². The van der Waals surface area contributed by atoms with Gasteiger partial charge in [-0.3, -0.25) is 0 Å². The summed E-state index contributed by atoms with van der Waals surface area (Å²) in [5.41, 5.74) is 3.53. The molecule has 3 aromatic rings. The fourth-order valence-electron chi connectivity index (χ4n) is 2.92. The number of anilines is 1. The van der Waals surface area contributed by atoms with Gasteiger partial charge in [0.15, 0.2) is 5.58 Å². The minimum atomic E-state index is 0.355. The molecule has 4 rings (SSSR count). The number of benzene rings is 1. The third-order valence-corrected chi connectivity index (χ3v) is 4.03. The number of aryl methyl sites for hydroxylation is 1. The summed E-state index contributed by atoms with van der Waals surface area (Å²) in [6.45, 7) is 6.97. The molecule has 1 aromatic carbocycles. The number of piperazine rings is 1. The Morgan fingerprint density at radius 3 is 3.05 bits per heavy atom. The summed E-state index contributed by atoms with van der Waals surface area (Å²) < 4.78 is 11.5. The van der Waals surface area contributed by atoms with Crippen molar-refractivity contribution in [2.24, 2.45) is 0 Å². The lowest BCUT2D eigenvalue weighted by Crippen LogP contribution is -2.50. The van der Waals surface area contributed by atoms with Gasteiger partial charge in [-0.15, -0.1) is 0 Å². The first kappa shape index (κ1) is 13.3. The number of aromatic nitrogens is 2. The molecular formula is C16H18N4O2. The average molecular weight is 298 g/mol. The van der Waals surface area contributed by atoms with Crippen LogP contribution in [0.15, 0.2) is 33.4 Å². The van der Waals surface area contributed by atoms with E-state index in [1.54, 1.807) is 12.5 Å². The molecule has 22 heavy (non-hydrogen) atoms. The Hall–Kier alpha value is -2.34. The topological polar surface area (TPSA) is 67.3 Å². The highest BCUT2D eigenvalue weighted by atomic mass is 16.4. The van der Waals surface area contributed by atoms with Crippen molar-refractivity contribution in [2.75, 3.05) is 24.5 Å². The van der Waals surface area contributed by atoms with Crippen LogP contribution in [0.1, 0.15) is 12.5 Å². The van der Waals surface area contributed by atoms with Crippen molar-refractivity contribution in [1.82, 2.24) is 15.3 Å². The van der Waals surface area contributed by atoms with Gasteiger partial charge in [0.1, 0.15) is 11.8 Å². The number of hydrogen-bond donors (Lipinski definition) is 1. The fraction of sp³-hybridized carbons (Fsp3) is 0.375. The zero-order valence-electron chi connectivity index (χ0n) is 12.7. The zero-order valence-corrected chi connectivity index (χ0v) is 12.7. The molecular weight excluding hydrogens is 280 g/mol. The van der Waals surface area contributed by atoms with Crippen LogP contribution < -0.4 is 10.2 Å². The Kier molecular flexibility index (Phi) is 3.11. The number of nitrogens with one attached hydrogen (secondary N) is 1. The third kappa shape index (κ3) is 2.16. The van der Waals surface area contributed by atoms with Crippen molar-refractivity contribution >= 4 is 17.1 Å². The quantitative estimate of drug-likeness (QED) is 0.784. The maximum absolute atomic E-state index is 6.07. The van der Waals surface area contributed by atoms with Gasteiger partial charge in [-0.05, 0) is 31.5 Å². The Labute approximate surface area is 128 Å². The van der Waals surface area contributed by atoms with Gasteiger partial charge < -0.3 is 19.1 Å². The van der Waals surface area contributed by atoms with Crippen molar-refractivity contribution in [3.63, 3.8) is 0 Å². The maximum atomic E-state index is 6.07. The number of nitrogens with zero attached hydrogens (tertiary/aromatic N) is 3. The van der Waals surface area contributed by atoms with Crippen LogP contribution in [-0.4, -0.2) is 35.6 Å². The van der Waals surface area contributed by atoms with Gasteiger partial charge in [0.05, 0.1) is 11.8 Å². The number of hydrogen-bond acceptors (Lipinski definition) is 6. The molecule has 0 bridgehead atoms. The third-order valence-electron chi connectivity index (χ3n) is 4.03. The van der Waals surface area contributed by atoms with E-state index in [9.17, 15) is 0 Å². The minimum Gasteiger partial charge on any atom is -0.444 e. The van der Waals surface area contributed by atoms with Crippen molar-refractivity contribution < 1.29 is 8.83 Å². The molecule has 0 saturated carbocycles. The molecule has 114 valence electrons. The first-order valence-electron chi connectivity index (χ1n) is 7.51. The van der Waals surface area contributed by atoms with Crippen molar-refractivity contribution in [3.8, 4) is 11.5 Å². The predicted octanol–water partition coefficient (Wildman–Crippen LogP) is 2.59. The van der Waals surface area contributed by atoms with Gasteiger partial charge in [-0.1, -0.05) is 0 Å². The lowest BCUT2D eigenvalue weighted by molar-refractivity contribution is 0.456. The average Bonchev–Trinajstić information content (AvgIpc) is 3.15. The summed E-state index contributed by atoms with van der Waals surface area (Å²) in [6, 6.07) is 5.07. The van der Waals surface area contributed by atoms with Crippen LogP contribution in [-0.2, 0) is 0 Å². The predicted molar refractivity (Wildman–Crippen MR) is 83.9 cm³/mol. The molecule has 0 amide bonds. The van der Waals surface area contributed by atoms with E-state index in [1.165, 1.54) is 0 Å². The van der Waals surface area contributed by atoms with E-state index < -0.39 is 0 Å². The summed E-state index contributed by atoms with van der Waals surface area (Å²) in [5, 5.41) is 3.37. The van der Waals surface area contributed by atoms with Crippen LogP contribution in [0, 0.1) is 6.92 Å². The molecule has 0 spiro atoms. The first-order chi connectivity index (χ1) is 10.7. The van der Waals surface area contributed by atoms with Gasteiger partial charge in [0.25, 0.3) is 6.01 Å². The Bertz CT molecular complexity index is 794. The molecule has 1 saturated heterocycles. The summed E-state index contributed by atoms with van der Waals surface area (Å²) in [7, 11) is 0. The molecule has 0 unspecified atom stereocenters. The minimum absolute atomic E-state index is 0.355. The molecule has 1 N–H and O–H groups in total. The summed E-state index contributed by atoms with van der Waals surface area (Å²) in [4.78, 5) is 11.1. The van der Waals surface area contributed by atoms with Crippen LogP contribution in [0.5, 0.6) is 0 Å². The number of fused-ring (bicyclic) bond motifs is 1. The normalized spacial score (nSPS) is 19.0. The van der Waals surface area contributed by atoms with Crippen LogP contribution >= 0.6 is 0 Å². The maximum Gasteiger partial charge on any atom is 0.298 e. The first-order valence-corrected chi connectivity index (χ1v) is 7.51. The smallest absolute Gasteiger partial charge is 0.298 e. The molecule has 3 heterocycles. The monoisotopic (exact) mass is 298 g/mol. The lowest BCUT2D eigenvalue weighted by Gasteiger charge is -2.32. The molecule has 1 atom stereocenters. The SMILES string of the molecule is Cc1cc(-c2ncco2)c2oc(N3CCNC[C@@H]3C)nc2c1. The van der Waals surface area contributed by atoms with E-state index in [2.05, 4.69) is 27.1 Å². The van der Waals surface area contributed by atoms with E-state index in [0.717, 1.165) is 41.9 Å². The van der Waals surface area contributed by atoms with Gasteiger partial charge in [-0.25, -0.2) is 4.98 Å². The van der Waals surface area contributed by atoms with Crippen LogP contribution in [0.4, 0.5) is 6.01 Å². The molecule has 1 aliphatic heterocycles. The van der Waals surface area contributed by atoms with Crippen molar-refractivity contribution in [2.45, 2.75) is 19.9 Å². The molecule has 1 aliphatic rings. The fourth-order valence-corrected chi connectivity index (χ4v) is 2.92. The van der Waals surface area contributed by atoms with Gasteiger partial charge >= 0.3 is 0 Å². The Morgan fingerprint density at radius 2 is 2.27 bits per heavy atom. The summed E-state index contributed by atoms with van der Waals surface area (Å²) in [5.74, 6) is 0.560. The second-order valence-electron chi connectivity index (χ2n) is 5.74. The summed E-state index contributed by atoms with van der Waals surface area (Å²) in [6.07, 6.45) is 3.21. The molecule has 6 heteroatoms. The second-order valence-corrected chi connectivity index (χ2v) is 5.74. The largest absolute Gasteiger partial charge is 0.444 e. The molecule has 0 aliphatic carbocycles. The van der Waals surface area contributed by atoms with E-state index in [0.29, 0.717) is 17.9 Å². The van der Waals surface area contributed by atoms with Crippen molar-refractivity contribution in [3.05, 3.63) is 30.2 Å². The van der Waals surface area contributed by atoms with Crippen LogP contribution in [0.2, 0.25) is 0 Å². The van der Waals surface area contributed by atoms with Gasteiger partial charge in [0, 0.05) is 25.7 Å².